The molecule has 0 amide bonds. The number of hydrogen-bond acceptors (Lipinski definition) is 3. The first-order valence-corrected chi connectivity index (χ1v) is 4.28. The van der Waals surface area contributed by atoms with E-state index in [-0.39, 0.29) is 23.3 Å². The van der Waals surface area contributed by atoms with Crippen molar-refractivity contribution >= 4 is 0 Å². The number of aliphatic hydroxyl groups is 1. The van der Waals surface area contributed by atoms with E-state index in [1.807, 2.05) is 0 Å². The molecule has 1 aliphatic heterocycles. The Bertz CT molecular complexity index is 139. The first kappa shape index (κ1) is 11.9. The monoisotopic (exact) mass is 174 g/mol. The maximum Gasteiger partial charge on any atom is 0.0575 e. The maximum atomic E-state index is 9.54. The molecular weight excluding hydrogens is 152 g/mol. The molecule has 0 saturated carbocycles. The van der Waals surface area contributed by atoms with Crippen LogP contribution in [0.3, 0.4) is 0 Å². The highest BCUT2D eigenvalue weighted by molar-refractivity contribution is 4.96. The Hall–Kier alpha value is -0.120. The summed E-state index contributed by atoms with van der Waals surface area (Å²) in [6.07, 6.45) is 1.58. The number of nitrogens with one attached hydrogen (secondary N) is 1. The highest BCUT2D eigenvalue weighted by Crippen LogP contribution is 2.27. The lowest BCUT2D eigenvalue weighted by Gasteiger charge is -2.44. The van der Waals surface area contributed by atoms with Gasteiger partial charge in [0.25, 0.3) is 0 Å². The lowest BCUT2D eigenvalue weighted by molar-refractivity contribution is 0.0396. The molecule has 5 N–H and O–H groups in total. The van der Waals surface area contributed by atoms with Gasteiger partial charge in [0.2, 0.25) is 0 Å². The van der Waals surface area contributed by atoms with Gasteiger partial charge in [-0.25, -0.2) is 0 Å². The van der Waals surface area contributed by atoms with Crippen LogP contribution in [-0.4, -0.2) is 22.3 Å². The summed E-state index contributed by atoms with van der Waals surface area (Å²) in [5, 5.41) is 13.0. The average Bonchev–Trinajstić information content (AvgIpc) is 1.49. The summed E-state index contributed by atoms with van der Waals surface area (Å²) in [5.41, 5.74) is 0.169. The second-order valence-corrected chi connectivity index (χ2v) is 4.95. The molecule has 0 aromatic rings. The van der Waals surface area contributed by atoms with Gasteiger partial charge in [-0.2, -0.15) is 0 Å². The molecule has 0 spiro atoms. The van der Waals surface area contributed by atoms with Crippen LogP contribution in [0.2, 0.25) is 0 Å². The quantitative estimate of drug-likeness (QED) is 0.520. The summed E-state index contributed by atoms with van der Waals surface area (Å²) in [5.74, 6) is 0. The molecule has 0 unspecified atom stereocenters. The van der Waals surface area contributed by atoms with Crippen LogP contribution < -0.4 is 11.5 Å². The molecule has 0 aromatic heterocycles. The number of piperidine rings is 1. The van der Waals surface area contributed by atoms with Gasteiger partial charge in [0.15, 0.2) is 0 Å². The molecule has 12 heavy (non-hydrogen) atoms. The number of rotatable bonds is 0. The van der Waals surface area contributed by atoms with Crippen molar-refractivity contribution in [2.75, 3.05) is 0 Å². The average molecular weight is 174 g/mol. The van der Waals surface area contributed by atoms with Gasteiger partial charge in [-0.15, -0.1) is 0 Å². The zero-order valence-electron chi connectivity index (χ0n) is 8.65. The lowest BCUT2D eigenvalue weighted by Crippen LogP contribution is -2.59. The highest BCUT2D eigenvalue weighted by Gasteiger charge is 2.36. The number of hydrogen-bond donors (Lipinski definition) is 3. The summed E-state index contributed by atoms with van der Waals surface area (Å²) in [4.78, 5) is 0. The molecule has 74 valence electrons. The zero-order valence-corrected chi connectivity index (χ0v) is 8.65. The van der Waals surface area contributed by atoms with Crippen LogP contribution in [0.4, 0.5) is 0 Å². The molecule has 1 saturated heterocycles. The van der Waals surface area contributed by atoms with Gasteiger partial charge in [-0.05, 0) is 40.5 Å². The van der Waals surface area contributed by atoms with Crippen LogP contribution in [-0.2, 0) is 0 Å². The highest BCUT2D eigenvalue weighted by atomic mass is 16.3. The molecule has 3 nitrogen and oxygen atoms in total. The van der Waals surface area contributed by atoms with E-state index in [1.165, 1.54) is 0 Å². The molecular formula is C9H22N2O. The SMILES string of the molecule is CC1(C)CC(O)CC(C)(C)N1.N. The van der Waals surface area contributed by atoms with Gasteiger partial charge < -0.3 is 16.6 Å². The summed E-state index contributed by atoms with van der Waals surface area (Å²) in [6, 6.07) is 0. The molecule has 0 atom stereocenters. The molecule has 1 fully saturated rings. The maximum absolute atomic E-state index is 9.54. The lowest BCUT2D eigenvalue weighted by atomic mass is 9.81. The molecule has 1 heterocycles. The molecule has 0 radical (unpaired) electrons. The third-order valence-electron chi connectivity index (χ3n) is 2.17. The van der Waals surface area contributed by atoms with E-state index in [9.17, 15) is 5.11 Å². The van der Waals surface area contributed by atoms with Gasteiger partial charge in [0, 0.05) is 11.1 Å². The predicted molar refractivity (Wildman–Crippen MR) is 51.6 cm³/mol. The van der Waals surface area contributed by atoms with E-state index < -0.39 is 0 Å². The fourth-order valence-electron chi connectivity index (χ4n) is 2.27. The summed E-state index contributed by atoms with van der Waals surface area (Å²) in [7, 11) is 0. The Morgan fingerprint density at radius 2 is 1.42 bits per heavy atom. The molecule has 1 aliphatic rings. The minimum atomic E-state index is -0.138. The summed E-state index contributed by atoms with van der Waals surface area (Å²) >= 11 is 0. The van der Waals surface area contributed by atoms with Crippen LogP contribution in [0.25, 0.3) is 0 Å². The Balaban J connectivity index is 0.00000121. The minimum absolute atomic E-state index is 0. The predicted octanol–water partition coefficient (Wildman–Crippen LogP) is 1.45. The number of aliphatic hydroxyl groups excluding tert-OH is 1. The van der Waals surface area contributed by atoms with E-state index >= 15 is 0 Å². The Kier molecular flexibility index (Phi) is 3.29. The van der Waals surface area contributed by atoms with Crippen LogP contribution >= 0.6 is 0 Å². The fourth-order valence-corrected chi connectivity index (χ4v) is 2.27. The van der Waals surface area contributed by atoms with Crippen molar-refractivity contribution in [1.82, 2.24) is 11.5 Å². The van der Waals surface area contributed by atoms with Crippen molar-refractivity contribution in [1.29, 1.82) is 0 Å². The van der Waals surface area contributed by atoms with E-state index in [0.717, 1.165) is 12.8 Å². The smallest absolute Gasteiger partial charge is 0.0575 e. The van der Waals surface area contributed by atoms with Crippen LogP contribution in [0.5, 0.6) is 0 Å². The fraction of sp³-hybridized carbons (Fsp3) is 1.00. The summed E-state index contributed by atoms with van der Waals surface area (Å²) in [6.45, 7) is 8.54. The Morgan fingerprint density at radius 1 is 1.08 bits per heavy atom. The second-order valence-electron chi connectivity index (χ2n) is 4.95. The second kappa shape index (κ2) is 3.32. The van der Waals surface area contributed by atoms with Gasteiger partial charge in [-0.1, -0.05) is 0 Å². The van der Waals surface area contributed by atoms with Crippen molar-refractivity contribution in [3.05, 3.63) is 0 Å². The largest absolute Gasteiger partial charge is 0.393 e. The standard InChI is InChI=1S/C9H19NO.H3N/c1-8(2)5-7(11)6-9(3,4)10-8;/h7,10-11H,5-6H2,1-4H3;1H3. The van der Waals surface area contributed by atoms with E-state index in [1.54, 1.807) is 0 Å². The third kappa shape index (κ3) is 3.09. The van der Waals surface area contributed by atoms with Crippen molar-refractivity contribution in [3.63, 3.8) is 0 Å². The van der Waals surface area contributed by atoms with Gasteiger partial charge >= 0.3 is 0 Å². The minimum Gasteiger partial charge on any atom is -0.393 e. The molecule has 0 aromatic carbocycles. The first-order valence-electron chi connectivity index (χ1n) is 4.28. The first-order chi connectivity index (χ1) is 4.81. The van der Waals surface area contributed by atoms with Crippen molar-refractivity contribution in [2.45, 2.75) is 57.7 Å². The molecule has 0 aliphatic carbocycles. The van der Waals surface area contributed by atoms with Gasteiger partial charge in [0.05, 0.1) is 6.10 Å². The molecule has 1 rings (SSSR count). The Morgan fingerprint density at radius 3 is 1.67 bits per heavy atom. The summed E-state index contributed by atoms with van der Waals surface area (Å²) < 4.78 is 0. The van der Waals surface area contributed by atoms with Crippen LogP contribution in [0.15, 0.2) is 0 Å². The van der Waals surface area contributed by atoms with E-state index in [2.05, 4.69) is 33.0 Å². The van der Waals surface area contributed by atoms with Crippen molar-refractivity contribution in [3.8, 4) is 0 Å². The van der Waals surface area contributed by atoms with Crippen molar-refractivity contribution < 1.29 is 5.11 Å². The van der Waals surface area contributed by atoms with Crippen LogP contribution in [0.1, 0.15) is 40.5 Å². The topological polar surface area (TPSA) is 67.3 Å². The Labute approximate surface area is 75.1 Å². The normalized spacial score (nSPS) is 27.8. The van der Waals surface area contributed by atoms with Gasteiger partial charge in [-0.3, -0.25) is 0 Å². The zero-order chi connectivity index (χ0) is 8.70. The third-order valence-corrected chi connectivity index (χ3v) is 2.17. The molecule has 3 heteroatoms. The van der Waals surface area contributed by atoms with Crippen molar-refractivity contribution in [2.24, 2.45) is 0 Å². The van der Waals surface area contributed by atoms with E-state index in [4.69, 9.17) is 0 Å². The molecule has 0 bridgehead atoms. The van der Waals surface area contributed by atoms with E-state index in [0.29, 0.717) is 0 Å². The van der Waals surface area contributed by atoms with Gasteiger partial charge in [0.1, 0.15) is 0 Å². The van der Waals surface area contributed by atoms with Crippen LogP contribution in [0, 0.1) is 0 Å².